The van der Waals surface area contributed by atoms with Crippen LogP contribution in [0.5, 0.6) is 0 Å². The van der Waals surface area contributed by atoms with Gasteiger partial charge in [-0.2, -0.15) is 0 Å². The van der Waals surface area contributed by atoms with Crippen LogP contribution in [0.2, 0.25) is 0 Å². The van der Waals surface area contributed by atoms with Crippen LogP contribution in [0.4, 0.5) is 5.69 Å². The third-order valence-corrected chi connectivity index (χ3v) is 5.07. The van der Waals surface area contributed by atoms with Gasteiger partial charge in [0, 0.05) is 31.9 Å². The van der Waals surface area contributed by atoms with Crippen LogP contribution in [0.25, 0.3) is 5.57 Å². The first-order valence-electron chi connectivity index (χ1n) is 9.82. The number of hydrogen-bond donors (Lipinski definition) is 0. The van der Waals surface area contributed by atoms with E-state index in [9.17, 15) is 0 Å². The van der Waals surface area contributed by atoms with Crippen molar-refractivity contribution in [1.82, 2.24) is 4.90 Å². The largest absolute Gasteiger partial charge is 0.369 e. The summed E-state index contributed by atoms with van der Waals surface area (Å²) in [6.07, 6.45) is 1.11. The second kappa shape index (κ2) is 10.5. The summed E-state index contributed by atoms with van der Waals surface area (Å²) >= 11 is 0. The molecule has 1 aromatic rings. The van der Waals surface area contributed by atoms with Gasteiger partial charge in [-0.1, -0.05) is 44.1 Å². The summed E-state index contributed by atoms with van der Waals surface area (Å²) in [5.74, 6) is 0. The van der Waals surface area contributed by atoms with Gasteiger partial charge in [-0.3, -0.25) is 0 Å². The molecule has 1 fully saturated rings. The summed E-state index contributed by atoms with van der Waals surface area (Å²) in [4.78, 5) is 4.89. The molecule has 2 nitrogen and oxygen atoms in total. The van der Waals surface area contributed by atoms with E-state index < -0.39 is 0 Å². The summed E-state index contributed by atoms with van der Waals surface area (Å²) in [6, 6.07) is 9.17. The van der Waals surface area contributed by atoms with Crippen LogP contribution < -0.4 is 4.90 Å². The number of anilines is 1. The zero-order valence-corrected chi connectivity index (χ0v) is 17.7. The molecule has 2 heteroatoms. The molecule has 25 heavy (non-hydrogen) atoms. The summed E-state index contributed by atoms with van der Waals surface area (Å²) in [7, 11) is 2.20. The van der Waals surface area contributed by atoms with Gasteiger partial charge in [0.1, 0.15) is 0 Å². The smallest absolute Gasteiger partial charge is 0.0367 e. The number of allylic oxidation sites excluding steroid dienone is 4. The highest BCUT2D eigenvalue weighted by Gasteiger charge is 2.15. The fourth-order valence-electron chi connectivity index (χ4n) is 3.26. The Morgan fingerprint density at radius 2 is 1.40 bits per heavy atom. The molecule has 1 aliphatic rings. The fraction of sp³-hybridized carbons (Fsp3) is 0.565. The van der Waals surface area contributed by atoms with Gasteiger partial charge in [0.2, 0.25) is 0 Å². The molecular weight excluding hydrogens is 304 g/mol. The lowest BCUT2D eigenvalue weighted by Gasteiger charge is -2.34. The second-order valence-electron chi connectivity index (χ2n) is 6.97. The number of nitrogens with zero attached hydrogens (tertiary/aromatic N) is 2. The topological polar surface area (TPSA) is 6.48 Å². The van der Waals surface area contributed by atoms with Crippen molar-refractivity contribution in [3.05, 3.63) is 46.5 Å². The van der Waals surface area contributed by atoms with Crippen molar-refractivity contribution in [3.63, 3.8) is 0 Å². The molecule has 0 spiro atoms. The number of benzene rings is 1. The van der Waals surface area contributed by atoms with E-state index in [4.69, 9.17) is 0 Å². The van der Waals surface area contributed by atoms with Crippen LogP contribution in [-0.4, -0.2) is 38.1 Å². The Kier molecular flexibility index (Phi) is 8.99. The van der Waals surface area contributed by atoms with Gasteiger partial charge in [0.15, 0.2) is 0 Å². The number of piperazine rings is 1. The average Bonchev–Trinajstić information content (AvgIpc) is 2.63. The van der Waals surface area contributed by atoms with Crippen molar-refractivity contribution in [2.24, 2.45) is 0 Å². The Balaban J connectivity index is 0.00000151. The molecule has 0 radical (unpaired) electrons. The van der Waals surface area contributed by atoms with Crippen molar-refractivity contribution >= 4 is 11.3 Å². The molecule has 0 saturated carbocycles. The van der Waals surface area contributed by atoms with Crippen LogP contribution in [0, 0.1) is 0 Å². The number of likely N-dealkylation sites (N-methyl/N-ethyl adjacent to an activating group) is 1. The molecule has 1 aliphatic heterocycles. The molecule has 0 N–H and O–H groups in total. The maximum absolute atomic E-state index is 2.49. The monoisotopic (exact) mass is 342 g/mol. The molecule has 1 aromatic carbocycles. The highest BCUT2D eigenvalue weighted by molar-refractivity contribution is 5.81. The van der Waals surface area contributed by atoms with E-state index in [1.165, 1.54) is 33.5 Å². The molecular formula is C23H38N2. The van der Waals surface area contributed by atoms with E-state index in [1.807, 2.05) is 13.8 Å². The zero-order chi connectivity index (χ0) is 19.0. The molecule has 0 aromatic heterocycles. The van der Waals surface area contributed by atoms with Gasteiger partial charge in [-0.25, -0.2) is 0 Å². The van der Waals surface area contributed by atoms with E-state index in [0.29, 0.717) is 0 Å². The maximum atomic E-state index is 2.49. The number of rotatable bonds is 4. The minimum absolute atomic E-state index is 1.11. The van der Waals surface area contributed by atoms with Crippen molar-refractivity contribution in [2.75, 3.05) is 38.1 Å². The van der Waals surface area contributed by atoms with Gasteiger partial charge < -0.3 is 9.80 Å². The van der Waals surface area contributed by atoms with Gasteiger partial charge in [-0.05, 0) is 70.0 Å². The SMILES string of the molecule is CC.CC/C(C)=C(\C)C(=C(C)C)c1ccc(N2CCN(C)CC2)cc1. The van der Waals surface area contributed by atoms with E-state index in [-0.39, 0.29) is 0 Å². The van der Waals surface area contributed by atoms with Crippen molar-refractivity contribution in [2.45, 2.75) is 54.9 Å². The number of hydrogen-bond acceptors (Lipinski definition) is 2. The van der Waals surface area contributed by atoms with Gasteiger partial charge in [-0.15, -0.1) is 0 Å². The van der Waals surface area contributed by atoms with Gasteiger partial charge in [0.25, 0.3) is 0 Å². The lowest BCUT2D eigenvalue weighted by Crippen LogP contribution is -2.44. The minimum Gasteiger partial charge on any atom is -0.369 e. The van der Waals surface area contributed by atoms with E-state index in [1.54, 1.807) is 0 Å². The standard InChI is InChI=1S/C21H32N2.C2H6/c1-7-17(4)18(5)21(16(2)3)19-8-10-20(11-9-19)23-14-12-22(6)13-15-23;1-2/h8-11H,7,12-15H2,1-6H3;1-2H3/b18-17+;. The van der Waals surface area contributed by atoms with E-state index in [0.717, 1.165) is 32.6 Å². The summed E-state index contributed by atoms with van der Waals surface area (Å²) < 4.78 is 0. The summed E-state index contributed by atoms with van der Waals surface area (Å²) in [6.45, 7) is 19.7. The Morgan fingerprint density at radius 3 is 1.84 bits per heavy atom. The van der Waals surface area contributed by atoms with Crippen LogP contribution in [0.1, 0.15) is 60.5 Å². The van der Waals surface area contributed by atoms with Gasteiger partial charge >= 0.3 is 0 Å². The molecule has 0 unspecified atom stereocenters. The zero-order valence-electron chi connectivity index (χ0n) is 17.7. The summed E-state index contributed by atoms with van der Waals surface area (Å²) in [5, 5.41) is 0. The molecule has 0 bridgehead atoms. The average molecular weight is 343 g/mol. The first kappa shape index (κ1) is 21.5. The highest BCUT2D eigenvalue weighted by atomic mass is 15.2. The summed E-state index contributed by atoms with van der Waals surface area (Å²) in [5.41, 5.74) is 8.40. The van der Waals surface area contributed by atoms with Crippen molar-refractivity contribution in [3.8, 4) is 0 Å². The lowest BCUT2D eigenvalue weighted by atomic mass is 9.91. The van der Waals surface area contributed by atoms with Gasteiger partial charge in [0.05, 0.1) is 0 Å². The molecule has 1 heterocycles. The molecule has 0 aliphatic carbocycles. The van der Waals surface area contributed by atoms with Crippen LogP contribution >= 0.6 is 0 Å². The molecule has 140 valence electrons. The lowest BCUT2D eigenvalue weighted by molar-refractivity contribution is 0.313. The second-order valence-corrected chi connectivity index (χ2v) is 6.97. The molecule has 1 saturated heterocycles. The normalized spacial score (nSPS) is 15.9. The van der Waals surface area contributed by atoms with Crippen LogP contribution in [0.3, 0.4) is 0 Å². The van der Waals surface area contributed by atoms with E-state index >= 15 is 0 Å². The Hall–Kier alpha value is -1.54. The first-order chi connectivity index (χ1) is 11.9. The third kappa shape index (κ3) is 5.74. The minimum atomic E-state index is 1.11. The third-order valence-electron chi connectivity index (χ3n) is 5.07. The Labute approximate surface area is 156 Å². The maximum Gasteiger partial charge on any atom is 0.0367 e. The predicted octanol–water partition coefficient (Wildman–Crippen LogP) is 6.00. The van der Waals surface area contributed by atoms with Crippen LogP contribution in [-0.2, 0) is 0 Å². The molecule has 0 atom stereocenters. The molecule has 2 rings (SSSR count). The quantitative estimate of drug-likeness (QED) is 0.619. The molecule has 0 amide bonds. The fourth-order valence-corrected chi connectivity index (χ4v) is 3.26. The van der Waals surface area contributed by atoms with E-state index in [2.05, 4.69) is 75.7 Å². The van der Waals surface area contributed by atoms with Crippen molar-refractivity contribution in [1.29, 1.82) is 0 Å². The predicted molar refractivity (Wildman–Crippen MR) is 114 cm³/mol. The Bertz CT molecular complexity index is 581. The Morgan fingerprint density at radius 1 is 0.880 bits per heavy atom. The first-order valence-corrected chi connectivity index (χ1v) is 9.82. The van der Waals surface area contributed by atoms with Crippen molar-refractivity contribution < 1.29 is 0 Å². The highest BCUT2D eigenvalue weighted by Crippen LogP contribution is 2.31. The van der Waals surface area contributed by atoms with Crippen LogP contribution in [0.15, 0.2) is 41.0 Å².